The van der Waals surface area contributed by atoms with Crippen molar-refractivity contribution in [3.63, 3.8) is 0 Å². The van der Waals surface area contributed by atoms with E-state index in [1.54, 1.807) is 0 Å². The van der Waals surface area contributed by atoms with E-state index in [1.807, 2.05) is 11.7 Å². The maximum absolute atomic E-state index is 4.59. The van der Waals surface area contributed by atoms with E-state index in [2.05, 4.69) is 29.6 Å². The van der Waals surface area contributed by atoms with Gasteiger partial charge in [-0.2, -0.15) is 5.10 Å². The lowest BCUT2D eigenvalue weighted by Gasteiger charge is -2.13. The Morgan fingerprint density at radius 2 is 2.00 bits per heavy atom. The van der Waals surface area contributed by atoms with Crippen molar-refractivity contribution in [2.75, 3.05) is 23.7 Å². The molecule has 1 aromatic heterocycles. The van der Waals surface area contributed by atoms with Crippen LogP contribution in [0.5, 0.6) is 0 Å². The van der Waals surface area contributed by atoms with Crippen molar-refractivity contribution in [3.8, 4) is 0 Å². The van der Waals surface area contributed by atoms with Gasteiger partial charge in [0.25, 0.3) is 0 Å². The monoisotopic (exact) mass is 236 g/mol. The Kier molecular flexibility index (Phi) is 3.92. The molecule has 0 amide bonds. The highest BCUT2D eigenvalue weighted by atomic mass is 15.3. The minimum absolute atomic E-state index is 0.724. The van der Waals surface area contributed by atoms with Gasteiger partial charge in [-0.05, 0) is 18.8 Å². The molecule has 0 saturated heterocycles. The summed E-state index contributed by atoms with van der Waals surface area (Å²) in [6.45, 7) is 6.57. The zero-order chi connectivity index (χ0) is 12.3. The number of anilines is 2. The molecule has 0 radical (unpaired) electrons. The summed E-state index contributed by atoms with van der Waals surface area (Å²) in [6.07, 6.45) is 4.73. The van der Waals surface area contributed by atoms with Crippen LogP contribution in [0, 0.1) is 5.92 Å². The van der Waals surface area contributed by atoms with Gasteiger partial charge in [-0.15, -0.1) is 0 Å². The zero-order valence-electron chi connectivity index (χ0n) is 11.2. The van der Waals surface area contributed by atoms with Gasteiger partial charge in [0.15, 0.2) is 0 Å². The molecule has 4 nitrogen and oxygen atoms in total. The number of rotatable bonds is 4. The van der Waals surface area contributed by atoms with E-state index in [0.717, 1.165) is 37.7 Å². The van der Waals surface area contributed by atoms with Crippen LogP contribution < -0.4 is 10.6 Å². The normalized spacial score (nSPS) is 19.1. The minimum Gasteiger partial charge on any atom is -0.380 e. The van der Waals surface area contributed by atoms with E-state index >= 15 is 0 Å². The molecule has 0 bridgehead atoms. The highest BCUT2D eigenvalue weighted by Gasteiger charge is 2.20. The third kappa shape index (κ3) is 2.56. The fourth-order valence-corrected chi connectivity index (χ4v) is 2.55. The summed E-state index contributed by atoms with van der Waals surface area (Å²) >= 11 is 0. The largest absolute Gasteiger partial charge is 0.380 e. The van der Waals surface area contributed by atoms with Gasteiger partial charge in [0.1, 0.15) is 11.5 Å². The third-order valence-corrected chi connectivity index (χ3v) is 3.43. The van der Waals surface area contributed by atoms with Crippen LogP contribution in [0.1, 0.15) is 38.8 Å². The van der Waals surface area contributed by atoms with E-state index in [0.29, 0.717) is 0 Å². The SMILES string of the molecule is CCCc1nn(C)c2c1NCC(CCC)CN2. The highest BCUT2D eigenvalue weighted by Crippen LogP contribution is 2.29. The smallest absolute Gasteiger partial charge is 0.148 e. The van der Waals surface area contributed by atoms with Crippen molar-refractivity contribution in [1.82, 2.24) is 9.78 Å². The number of hydrogen-bond acceptors (Lipinski definition) is 3. The van der Waals surface area contributed by atoms with Gasteiger partial charge in [0.2, 0.25) is 0 Å². The molecule has 0 fully saturated rings. The van der Waals surface area contributed by atoms with Crippen molar-refractivity contribution in [3.05, 3.63) is 5.69 Å². The van der Waals surface area contributed by atoms with Crippen LogP contribution in [0.4, 0.5) is 11.5 Å². The first-order valence-corrected chi connectivity index (χ1v) is 6.79. The molecule has 4 heteroatoms. The van der Waals surface area contributed by atoms with E-state index in [9.17, 15) is 0 Å². The van der Waals surface area contributed by atoms with Crippen LogP contribution in [0.3, 0.4) is 0 Å². The zero-order valence-corrected chi connectivity index (χ0v) is 11.2. The maximum atomic E-state index is 4.59. The molecule has 1 aliphatic rings. The molecular weight excluding hydrogens is 212 g/mol. The van der Waals surface area contributed by atoms with Crippen LogP contribution in [0.2, 0.25) is 0 Å². The van der Waals surface area contributed by atoms with Gasteiger partial charge in [-0.1, -0.05) is 26.7 Å². The molecule has 96 valence electrons. The first kappa shape index (κ1) is 12.3. The lowest BCUT2D eigenvalue weighted by atomic mass is 10.0. The summed E-state index contributed by atoms with van der Waals surface area (Å²) in [5.41, 5.74) is 2.43. The van der Waals surface area contributed by atoms with Gasteiger partial charge in [0, 0.05) is 20.1 Å². The molecule has 1 atom stereocenters. The third-order valence-electron chi connectivity index (χ3n) is 3.43. The lowest BCUT2D eigenvalue weighted by molar-refractivity contribution is 0.529. The van der Waals surface area contributed by atoms with E-state index in [4.69, 9.17) is 0 Å². The second-order valence-corrected chi connectivity index (χ2v) is 4.96. The standard InChI is InChI=1S/C13H24N4/c1-4-6-10-8-14-12-11(7-5-2)16-17(3)13(12)15-9-10/h10,14-15H,4-9H2,1-3H3. The number of aromatic nitrogens is 2. The first-order chi connectivity index (χ1) is 8.26. The minimum atomic E-state index is 0.724. The molecule has 17 heavy (non-hydrogen) atoms. The molecule has 0 saturated carbocycles. The van der Waals surface area contributed by atoms with Crippen molar-refractivity contribution >= 4 is 11.5 Å². The summed E-state index contributed by atoms with van der Waals surface area (Å²) < 4.78 is 1.97. The van der Waals surface area contributed by atoms with Crippen LogP contribution >= 0.6 is 0 Å². The quantitative estimate of drug-likeness (QED) is 0.844. The van der Waals surface area contributed by atoms with Gasteiger partial charge in [-0.3, -0.25) is 4.68 Å². The second-order valence-electron chi connectivity index (χ2n) is 4.96. The van der Waals surface area contributed by atoms with Crippen molar-refractivity contribution < 1.29 is 0 Å². The Balaban J connectivity index is 2.16. The highest BCUT2D eigenvalue weighted by molar-refractivity contribution is 5.69. The molecule has 1 unspecified atom stereocenters. The van der Waals surface area contributed by atoms with Crippen molar-refractivity contribution in [2.45, 2.75) is 39.5 Å². The summed E-state index contributed by atoms with van der Waals surface area (Å²) in [4.78, 5) is 0. The average molecular weight is 236 g/mol. The number of fused-ring (bicyclic) bond motifs is 1. The molecule has 2 N–H and O–H groups in total. The summed E-state index contributed by atoms with van der Waals surface area (Å²) in [6, 6.07) is 0. The van der Waals surface area contributed by atoms with E-state index in [1.165, 1.54) is 24.2 Å². The number of aryl methyl sites for hydroxylation is 2. The van der Waals surface area contributed by atoms with Gasteiger partial charge < -0.3 is 10.6 Å². The lowest BCUT2D eigenvalue weighted by Crippen LogP contribution is -2.19. The Bertz CT molecular complexity index is 370. The molecule has 2 heterocycles. The first-order valence-electron chi connectivity index (χ1n) is 6.79. The molecule has 2 rings (SSSR count). The Hall–Kier alpha value is -1.19. The summed E-state index contributed by atoms with van der Waals surface area (Å²) in [7, 11) is 2.02. The van der Waals surface area contributed by atoms with E-state index < -0.39 is 0 Å². The summed E-state index contributed by atoms with van der Waals surface area (Å²) in [5, 5.41) is 11.7. The molecule has 1 aliphatic heterocycles. The molecule has 0 aromatic carbocycles. The van der Waals surface area contributed by atoms with Crippen molar-refractivity contribution in [2.24, 2.45) is 13.0 Å². The Labute approximate surface area is 104 Å². The maximum Gasteiger partial charge on any atom is 0.148 e. The average Bonchev–Trinajstić information content (AvgIpc) is 2.50. The molecule has 0 aliphatic carbocycles. The van der Waals surface area contributed by atoms with E-state index in [-0.39, 0.29) is 0 Å². The Morgan fingerprint density at radius 3 is 2.71 bits per heavy atom. The predicted octanol–water partition coefficient (Wildman–Crippen LogP) is 2.63. The van der Waals surface area contributed by atoms with Crippen LogP contribution in [0.15, 0.2) is 0 Å². The summed E-state index contributed by atoms with van der Waals surface area (Å²) in [5.74, 6) is 1.88. The number of nitrogens with one attached hydrogen (secondary N) is 2. The fraction of sp³-hybridized carbons (Fsp3) is 0.769. The molecule has 1 aromatic rings. The topological polar surface area (TPSA) is 41.9 Å². The second kappa shape index (κ2) is 5.43. The van der Waals surface area contributed by atoms with Crippen LogP contribution in [0.25, 0.3) is 0 Å². The molecular formula is C13H24N4. The fourth-order valence-electron chi connectivity index (χ4n) is 2.55. The van der Waals surface area contributed by atoms with Gasteiger partial charge in [-0.25, -0.2) is 0 Å². The van der Waals surface area contributed by atoms with Crippen molar-refractivity contribution in [1.29, 1.82) is 0 Å². The van der Waals surface area contributed by atoms with Gasteiger partial charge in [0.05, 0.1) is 5.69 Å². The Morgan fingerprint density at radius 1 is 1.24 bits per heavy atom. The number of nitrogens with zero attached hydrogens (tertiary/aromatic N) is 2. The predicted molar refractivity (Wildman–Crippen MR) is 72.6 cm³/mol. The number of hydrogen-bond donors (Lipinski definition) is 2. The van der Waals surface area contributed by atoms with Crippen LogP contribution in [-0.4, -0.2) is 22.9 Å². The van der Waals surface area contributed by atoms with Crippen LogP contribution in [-0.2, 0) is 13.5 Å². The van der Waals surface area contributed by atoms with Gasteiger partial charge >= 0.3 is 0 Å². The molecule has 0 spiro atoms.